The number of likely N-dealkylation sites (N-methyl/N-ethyl adjacent to an activating group) is 2. The third kappa shape index (κ3) is 3.01. The number of hydrogen-bond acceptors (Lipinski definition) is 6. The van der Waals surface area contributed by atoms with E-state index in [0.29, 0.717) is 4.88 Å². The molecule has 0 radical (unpaired) electrons. The number of anilines is 2. The van der Waals surface area contributed by atoms with Crippen molar-refractivity contribution in [1.29, 1.82) is 0 Å². The van der Waals surface area contributed by atoms with Crippen molar-refractivity contribution >= 4 is 34.1 Å². The maximum Gasteiger partial charge on any atom is 0.268 e. The number of aromatic nitrogens is 1. The zero-order valence-corrected chi connectivity index (χ0v) is 12.5. The van der Waals surface area contributed by atoms with Gasteiger partial charge in [-0.25, -0.2) is 4.98 Å². The minimum atomic E-state index is -0.269. The highest BCUT2D eigenvalue weighted by atomic mass is 32.1. The van der Waals surface area contributed by atoms with Crippen molar-refractivity contribution in [2.75, 3.05) is 44.4 Å². The van der Waals surface area contributed by atoms with Crippen LogP contribution in [0, 0.1) is 0 Å². The van der Waals surface area contributed by atoms with Crippen LogP contribution in [0.5, 0.6) is 0 Å². The summed E-state index contributed by atoms with van der Waals surface area (Å²) in [6, 6.07) is 0. The molecule has 0 aliphatic carbocycles. The summed E-state index contributed by atoms with van der Waals surface area (Å²) in [5.74, 6) is -0.247. The van der Waals surface area contributed by atoms with Crippen LogP contribution in [0.25, 0.3) is 0 Å². The molecule has 8 heteroatoms. The smallest absolute Gasteiger partial charge is 0.268 e. The molecular formula is C12H19N5O2S. The second-order valence-corrected chi connectivity index (χ2v) is 5.72. The van der Waals surface area contributed by atoms with Gasteiger partial charge in [-0.3, -0.25) is 9.59 Å². The normalized spacial score (nSPS) is 14.4. The molecule has 1 aliphatic rings. The third-order valence-electron chi connectivity index (χ3n) is 3.22. The zero-order chi connectivity index (χ0) is 14.7. The summed E-state index contributed by atoms with van der Waals surface area (Å²) in [7, 11) is 3.11. The van der Waals surface area contributed by atoms with E-state index < -0.39 is 0 Å². The molecule has 0 atom stereocenters. The average molecular weight is 297 g/mol. The number of amides is 2. The molecule has 2 amide bonds. The Bertz CT molecular complexity index is 510. The maximum absolute atomic E-state index is 12.3. The Morgan fingerprint density at radius 3 is 2.70 bits per heavy atom. The number of nitrogens with zero attached hydrogens (tertiary/aromatic N) is 3. The van der Waals surface area contributed by atoms with Gasteiger partial charge in [0.25, 0.3) is 5.91 Å². The lowest BCUT2D eigenvalue weighted by atomic mass is 10.4. The van der Waals surface area contributed by atoms with Crippen molar-refractivity contribution in [3.05, 3.63) is 4.88 Å². The fraction of sp³-hybridized carbons (Fsp3) is 0.583. The van der Waals surface area contributed by atoms with Crippen LogP contribution in [0.15, 0.2) is 0 Å². The van der Waals surface area contributed by atoms with Gasteiger partial charge < -0.3 is 20.9 Å². The second-order valence-electron chi connectivity index (χ2n) is 4.74. The van der Waals surface area contributed by atoms with Crippen LogP contribution in [0.1, 0.15) is 22.5 Å². The van der Waals surface area contributed by atoms with Crippen LogP contribution in [-0.4, -0.2) is 55.4 Å². The van der Waals surface area contributed by atoms with Gasteiger partial charge in [-0.2, -0.15) is 0 Å². The number of nitrogens with two attached hydrogens (primary N) is 1. The first-order valence-corrected chi connectivity index (χ1v) is 7.32. The summed E-state index contributed by atoms with van der Waals surface area (Å²) < 4.78 is 0. The van der Waals surface area contributed by atoms with E-state index in [1.54, 1.807) is 7.05 Å². The Hall–Kier alpha value is -1.83. The van der Waals surface area contributed by atoms with E-state index in [2.05, 4.69) is 15.2 Å². The highest BCUT2D eigenvalue weighted by Gasteiger charge is 2.24. The quantitative estimate of drug-likeness (QED) is 0.825. The molecule has 20 heavy (non-hydrogen) atoms. The number of thiazole rings is 1. The van der Waals surface area contributed by atoms with Crippen LogP contribution in [0.4, 0.5) is 10.9 Å². The Morgan fingerprint density at radius 2 is 2.10 bits per heavy atom. The summed E-state index contributed by atoms with van der Waals surface area (Å²) in [6.07, 6.45) is 2.28. The molecule has 0 bridgehead atoms. The molecule has 2 rings (SSSR count). The van der Waals surface area contributed by atoms with Gasteiger partial charge in [0.15, 0.2) is 5.13 Å². The molecule has 1 saturated heterocycles. The monoisotopic (exact) mass is 297 g/mol. The molecule has 1 aromatic rings. The Kier molecular flexibility index (Phi) is 4.43. The predicted molar refractivity (Wildman–Crippen MR) is 79.0 cm³/mol. The van der Waals surface area contributed by atoms with Gasteiger partial charge >= 0.3 is 0 Å². The number of carbonyl (C=O) groups is 2. The lowest BCUT2D eigenvalue weighted by Gasteiger charge is -2.15. The highest BCUT2D eigenvalue weighted by molar-refractivity contribution is 7.18. The zero-order valence-electron chi connectivity index (χ0n) is 11.7. The van der Waals surface area contributed by atoms with Gasteiger partial charge in [0.05, 0.1) is 6.54 Å². The molecular weight excluding hydrogens is 278 g/mol. The van der Waals surface area contributed by atoms with E-state index in [1.165, 1.54) is 23.3 Å². The maximum atomic E-state index is 12.3. The van der Waals surface area contributed by atoms with Crippen LogP contribution in [0.2, 0.25) is 0 Å². The van der Waals surface area contributed by atoms with E-state index >= 15 is 0 Å². The summed E-state index contributed by atoms with van der Waals surface area (Å²) >= 11 is 1.29. The first-order chi connectivity index (χ1) is 9.52. The van der Waals surface area contributed by atoms with Gasteiger partial charge in [-0.1, -0.05) is 11.3 Å². The summed E-state index contributed by atoms with van der Waals surface area (Å²) in [5.41, 5.74) is 5.84. The molecule has 0 aromatic carbocycles. The Morgan fingerprint density at radius 1 is 1.45 bits per heavy atom. The van der Waals surface area contributed by atoms with E-state index in [0.717, 1.165) is 31.1 Å². The van der Waals surface area contributed by atoms with Crippen molar-refractivity contribution < 1.29 is 9.59 Å². The SMILES string of the molecule is CNC(=O)CN(C)C(=O)c1sc(N2CCCC2)nc1N. The van der Waals surface area contributed by atoms with Crippen molar-refractivity contribution in [2.45, 2.75) is 12.8 Å². The van der Waals surface area contributed by atoms with Crippen molar-refractivity contribution in [3.8, 4) is 0 Å². The molecule has 110 valence electrons. The number of hydrogen-bond donors (Lipinski definition) is 2. The van der Waals surface area contributed by atoms with Crippen molar-refractivity contribution in [3.63, 3.8) is 0 Å². The largest absolute Gasteiger partial charge is 0.382 e. The van der Waals surface area contributed by atoms with E-state index in [4.69, 9.17) is 5.73 Å². The van der Waals surface area contributed by atoms with Gasteiger partial charge in [-0.15, -0.1) is 0 Å². The van der Waals surface area contributed by atoms with Gasteiger partial charge in [0, 0.05) is 27.2 Å². The molecule has 7 nitrogen and oxygen atoms in total. The topological polar surface area (TPSA) is 91.6 Å². The lowest BCUT2D eigenvalue weighted by molar-refractivity contribution is -0.121. The average Bonchev–Trinajstić information content (AvgIpc) is 3.06. The molecule has 3 N–H and O–H groups in total. The Balaban J connectivity index is 2.11. The van der Waals surface area contributed by atoms with E-state index in [9.17, 15) is 9.59 Å². The molecule has 2 heterocycles. The fourth-order valence-electron chi connectivity index (χ4n) is 2.06. The molecule has 0 spiro atoms. The molecule has 0 saturated carbocycles. The van der Waals surface area contributed by atoms with Crippen LogP contribution < -0.4 is 16.0 Å². The number of carbonyl (C=O) groups excluding carboxylic acids is 2. The van der Waals surface area contributed by atoms with Gasteiger partial charge in [-0.05, 0) is 12.8 Å². The summed E-state index contributed by atoms with van der Waals surface area (Å²) in [6.45, 7) is 1.91. The van der Waals surface area contributed by atoms with Gasteiger partial charge in [0.1, 0.15) is 10.7 Å². The van der Waals surface area contributed by atoms with Crippen molar-refractivity contribution in [2.24, 2.45) is 0 Å². The fourth-order valence-corrected chi connectivity index (χ4v) is 3.09. The summed E-state index contributed by atoms with van der Waals surface area (Å²) in [4.78, 5) is 31.7. The minimum Gasteiger partial charge on any atom is -0.382 e. The minimum absolute atomic E-state index is 0.00568. The molecule has 1 fully saturated rings. The molecule has 1 aromatic heterocycles. The van der Waals surface area contributed by atoms with E-state index in [-0.39, 0.29) is 24.2 Å². The first-order valence-electron chi connectivity index (χ1n) is 6.50. The van der Waals surface area contributed by atoms with Crippen LogP contribution >= 0.6 is 11.3 Å². The Labute approximate surface area is 121 Å². The molecule has 1 aliphatic heterocycles. The lowest BCUT2D eigenvalue weighted by Crippen LogP contribution is -2.36. The second kappa shape index (κ2) is 6.08. The first kappa shape index (κ1) is 14.6. The third-order valence-corrected chi connectivity index (χ3v) is 4.34. The molecule has 0 unspecified atom stereocenters. The standard InChI is InChI=1S/C12H19N5O2S/c1-14-8(18)7-16(2)11(19)9-10(13)15-12(20-9)17-5-3-4-6-17/h3-7,13H2,1-2H3,(H,14,18). The van der Waals surface area contributed by atoms with Crippen molar-refractivity contribution in [1.82, 2.24) is 15.2 Å². The van der Waals surface area contributed by atoms with E-state index in [1.807, 2.05) is 0 Å². The highest BCUT2D eigenvalue weighted by Crippen LogP contribution is 2.30. The van der Waals surface area contributed by atoms with Crippen LogP contribution in [-0.2, 0) is 4.79 Å². The van der Waals surface area contributed by atoms with Gasteiger partial charge in [0.2, 0.25) is 5.91 Å². The predicted octanol–water partition coefficient (Wildman–Crippen LogP) is 0.144. The summed E-state index contributed by atoms with van der Waals surface area (Å²) in [5, 5.41) is 3.27. The van der Waals surface area contributed by atoms with Crippen LogP contribution in [0.3, 0.4) is 0 Å². The number of nitrogen functional groups attached to an aromatic ring is 1. The number of nitrogens with one attached hydrogen (secondary N) is 1. The number of rotatable bonds is 4.